The number of hydrogen-bond acceptors (Lipinski definition) is 5. The molecule has 2 aromatic rings. The van der Waals surface area contributed by atoms with E-state index in [2.05, 4.69) is 10.6 Å². The van der Waals surface area contributed by atoms with Crippen LogP contribution < -0.4 is 10.6 Å². The summed E-state index contributed by atoms with van der Waals surface area (Å²) in [6, 6.07) is 5.36. The third-order valence-electron chi connectivity index (χ3n) is 4.30. The third kappa shape index (κ3) is 4.79. The van der Waals surface area contributed by atoms with Crippen LogP contribution >= 0.6 is 0 Å². The van der Waals surface area contributed by atoms with Crippen LogP contribution in [0, 0.1) is 6.92 Å². The summed E-state index contributed by atoms with van der Waals surface area (Å²) in [5.74, 6) is -0.906. The Morgan fingerprint density at radius 2 is 1.86 bits per heavy atom. The maximum Gasteiger partial charge on any atom is 0.255 e. The number of carbonyl (C=O) groups is 2. The number of rotatable bonds is 8. The van der Waals surface area contributed by atoms with Crippen LogP contribution in [0.3, 0.4) is 0 Å². The number of benzene rings is 1. The SMILES string of the molecule is CCN(CC)S(=O)(=O)c1cc(NC(=O)C(C)NC(=O)c2ccoc2)ccc1C. The number of furan rings is 1. The van der Waals surface area contributed by atoms with Gasteiger partial charge < -0.3 is 15.1 Å². The van der Waals surface area contributed by atoms with Crippen LogP contribution in [0.2, 0.25) is 0 Å². The molecule has 152 valence electrons. The molecule has 0 radical (unpaired) electrons. The van der Waals surface area contributed by atoms with Gasteiger partial charge in [0.05, 0.1) is 16.7 Å². The number of aryl methyl sites for hydroxylation is 1. The Labute approximate surface area is 165 Å². The van der Waals surface area contributed by atoms with E-state index in [4.69, 9.17) is 4.42 Å². The molecule has 0 fully saturated rings. The van der Waals surface area contributed by atoms with Gasteiger partial charge in [0.15, 0.2) is 0 Å². The molecule has 2 amide bonds. The molecule has 0 aliphatic rings. The van der Waals surface area contributed by atoms with Crippen molar-refractivity contribution in [3.05, 3.63) is 47.9 Å². The second kappa shape index (κ2) is 9.03. The maximum atomic E-state index is 12.8. The quantitative estimate of drug-likeness (QED) is 0.698. The molecule has 2 N–H and O–H groups in total. The van der Waals surface area contributed by atoms with E-state index in [1.54, 1.807) is 32.9 Å². The van der Waals surface area contributed by atoms with Crippen molar-refractivity contribution in [1.29, 1.82) is 0 Å². The lowest BCUT2D eigenvalue weighted by atomic mass is 10.2. The standard InChI is InChI=1S/C19H25N3O5S/c1-5-22(6-2)28(25,26)17-11-16(8-7-13(17)3)21-18(23)14(4)20-19(24)15-9-10-27-12-15/h7-12,14H,5-6H2,1-4H3,(H,20,24)(H,21,23). The van der Waals surface area contributed by atoms with Gasteiger partial charge in [0.2, 0.25) is 15.9 Å². The first-order valence-corrected chi connectivity index (χ1v) is 10.4. The Balaban J connectivity index is 2.16. The highest BCUT2D eigenvalue weighted by Gasteiger charge is 2.24. The first kappa shape index (κ1) is 21.6. The monoisotopic (exact) mass is 407 g/mol. The van der Waals surface area contributed by atoms with E-state index in [9.17, 15) is 18.0 Å². The predicted octanol–water partition coefficient (Wildman–Crippen LogP) is 2.38. The van der Waals surface area contributed by atoms with Crippen LogP contribution in [0.15, 0.2) is 46.1 Å². The van der Waals surface area contributed by atoms with E-state index in [1.807, 2.05) is 0 Å². The smallest absolute Gasteiger partial charge is 0.255 e. The number of amides is 2. The summed E-state index contributed by atoms with van der Waals surface area (Å²) in [5.41, 5.74) is 1.24. The first-order valence-electron chi connectivity index (χ1n) is 8.95. The summed E-state index contributed by atoms with van der Waals surface area (Å²) >= 11 is 0. The molecular weight excluding hydrogens is 382 g/mol. The molecule has 0 spiro atoms. The molecular formula is C19H25N3O5S. The van der Waals surface area contributed by atoms with Crippen molar-refractivity contribution in [2.24, 2.45) is 0 Å². The van der Waals surface area contributed by atoms with Crippen LogP contribution in [-0.2, 0) is 14.8 Å². The Kier molecular flexibility index (Phi) is 6.98. The second-order valence-electron chi connectivity index (χ2n) is 6.27. The summed E-state index contributed by atoms with van der Waals surface area (Å²) in [6.45, 7) is 7.49. The summed E-state index contributed by atoms with van der Waals surface area (Å²) in [5, 5.41) is 5.20. The van der Waals surface area contributed by atoms with E-state index in [0.717, 1.165) is 0 Å². The number of nitrogens with zero attached hydrogens (tertiary/aromatic N) is 1. The largest absolute Gasteiger partial charge is 0.472 e. The van der Waals surface area contributed by atoms with Crippen molar-refractivity contribution in [3.63, 3.8) is 0 Å². The molecule has 9 heteroatoms. The van der Waals surface area contributed by atoms with Gasteiger partial charge in [-0.25, -0.2) is 8.42 Å². The second-order valence-corrected chi connectivity index (χ2v) is 8.17. The molecule has 1 heterocycles. The van der Waals surface area contributed by atoms with Gasteiger partial charge in [-0.1, -0.05) is 19.9 Å². The lowest BCUT2D eigenvalue weighted by Crippen LogP contribution is -2.41. The van der Waals surface area contributed by atoms with Crippen molar-refractivity contribution in [3.8, 4) is 0 Å². The number of hydrogen-bond donors (Lipinski definition) is 2. The average Bonchev–Trinajstić information content (AvgIpc) is 3.18. The van der Waals surface area contributed by atoms with E-state index >= 15 is 0 Å². The molecule has 0 aliphatic carbocycles. The van der Waals surface area contributed by atoms with Crippen LogP contribution in [0.1, 0.15) is 36.7 Å². The molecule has 0 aliphatic heterocycles. The zero-order valence-electron chi connectivity index (χ0n) is 16.4. The molecule has 0 saturated heterocycles. The summed E-state index contributed by atoms with van der Waals surface area (Å²) in [4.78, 5) is 24.6. The van der Waals surface area contributed by atoms with E-state index in [0.29, 0.717) is 29.9 Å². The molecule has 28 heavy (non-hydrogen) atoms. The number of anilines is 1. The van der Waals surface area contributed by atoms with E-state index in [1.165, 1.54) is 35.9 Å². The highest BCUT2D eigenvalue weighted by molar-refractivity contribution is 7.89. The van der Waals surface area contributed by atoms with Gasteiger partial charge >= 0.3 is 0 Å². The molecule has 1 unspecified atom stereocenters. The van der Waals surface area contributed by atoms with Crippen molar-refractivity contribution in [1.82, 2.24) is 9.62 Å². The Hall–Kier alpha value is -2.65. The van der Waals surface area contributed by atoms with Crippen LogP contribution in [0.4, 0.5) is 5.69 Å². The minimum Gasteiger partial charge on any atom is -0.472 e. The lowest BCUT2D eigenvalue weighted by molar-refractivity contribution is -0.117. The molecule has 8 nitrogen and oxygen atoms in total. The molecule has 1 atom stereocenters. The molecule has 2 rings (SSSR count). The van der Waals surface area contributed by atoms with Gasteiger partial charge in [0.1, 0.15) is 12.3 Å². The van der Waals surface area contributed by atoms with Crippen molar-refractivity contribution in [2.75, 3.05) is 18.4 Å². The molecule has 1 aromatic heterocycles. The van der Waals surface area contributed by atoms with E-state index < -0.39 is 27.9 Å². The highest BCUT2D eigenvalue weighted by Crippen LogP contribution is 2.23. The van der Waals surface area contributed by atoms with Gasteiger partial charge in [-0.05, 0) is 37.6 Å². The van der Waals surface area contributed by atoms with Gasteiger partial charge in [-0.15, -0.1) is 0 Å². The minimum atomic E-state index is -3.66. The first-order chi connectivity index (χ1) is 13.2. The lowest BCUT2D eigenvalue weighted by Gasteiger charge is -2.20. The van der Waals surface area contributed by atoms with Crippen LogP contribution in [0.5, 0.6) is 0 Å². The number of sulfonamides is 1. The van der Waals surface area contributed by atoms with Gasteiger partial charge in [-0.3, -0.25) is 9.59 Å². The Bertz CT molecular complexity index is 934. The normalized spacial score (nSPS) is 12.6. The van der Waals surface area contributed by atoms with Crippen molar-refractivity contribution in [2.45, 2.75) is 38.6 Å². The third-order valence-corrected chi connectivity index (χ3v) is 6.50. The zero-order valence-corrected chi connectivity index (χ0v) is 17.2. The number of carbonyl (C=O) groups excluding carboxylic acids is 2. The predicted molar refractivity (Wildman–Crippen MR) is 106 cm³/mol. The van der Waals surface area contributed by atoms with Gasteiger partial charge in [-0.2, -0.15) is 4.31 Å². The molecule has 0 saturated carbocycles. The molecule has 1 aromatic carbocycles. The summed E-state index contributed by atoms with van der Waals surface area (Å²) in [6.07, 6.45) is 2.65. The minimum absolute atomic E-state index is 0.143. The van der Waals surface area contributed by atoms with Gasteiger partial charge in [0.25, 0.3) is 5.91 Å². The van der Waals surface area contributed by atoms with Gasteiger partial charge in [0, 0.05) is 18.8 Å². The van der Waals surface area contributed by atoms with Crippen molar-refractivity contribution >= 4 is 27.5 Å². The summed E-state index contributed by atoms with van der Waals surface area (Å²) < 4.78 is 31.8. The van der Waals surface area contributed by atoms with Crippen molar-refractivity contribution < 1.29 is 22.4 Å². The Morgan fingerprint density at radius 1 is 1.18 bits per heavy atom. The highest BCUT2D eigenvalue weighted by atomic mass is 32.2. The summed E-state index contributed by atoms with van der Waals surface area (Å²) in [7, 11) is -3.66. The number of nitrogens with one attached hydrogen (secondary N) is 2. The fourth-order valence-electron chi connectivity index (χ4n) is 2.65. The fraction of sp³-hybridized carbons (Fsp3) is 0.368. The fourth-order valence-corrected chi connectivity index (χ4v) is 4.36. The topological polar surface area (TPSA) is 109 Å². The average molecular weight is 407 g/mol. The maximum absolute atomic E-state index is 12.8. The zero-order chi connectivity index (χ0) is 20.9. The molecule has 0 bridgehead atoms. The Morgan fingerprint density at radius 3 is 2.43 bits per heavy atom. The van der Waals surface area contributed by atoms with Crippen LogP contribution in [0.25, 0.3) is 0 Å². The van der Waals surface area contributed by atoms with E-state index in [-0.39, 0.29) is 4.90 Å². The van der Waals surface area contributed by atoms with Crippen LogP contribution in [-0.4, -0.2) is 43.7 Å².